The van der Waals surface area contributed by atoms with Crippen LogP contribution in [-0.4, -0.2) is 19.9 Å². The number of hydrogen-bond acceptors (Lipinski definition) is 3. The van der Waals surface area contributed by atoms with Gasteiger partial charge in [0.1, 0.15) is 3.70 Å². The van der Waals surface area contributed by atoms with Crippen molar-refractivity contribution in [2.45, 2.75) is 13.5 Å². The number of hydrogen-bond donors (Lipinski definition) is 1. The molecular formula is C14H11FIN3O. The van der Waals surface area contributed by atoms with Crippen LogP contribution in [0.4, 0.5) is 4.39 Å². The highest BCUT2D eigenvalue weighted by molar-refractivity contribution is 14.1. The van der Waals surface area contributed by atoms with E-state index in [1.165, 1.54) is 12.3 Å². The SMILES string of the molecule is Cc1c(CO)ccc2c(I)nn(-c3ccc(F)nc3)c12. The third kappa shape index (κ3) is 2.08. The van der Waals surface area contributed by atoms with E-state index in [2.05, 4.69) is 32.7 Å². The second kappa shape index (κ2) is 5.10. The molecule has 2 heterocycles. The van der Waals surface area contributed by atoms with Gasteiger partial charge in [-0.3, -0.25) is 0 Å². The number of aromatic nitrogens is 3. The minimum Gasteiger partial charge on any atom is -0.392 e. The standard InChI is InChI=1S/C14H11FIN3O/c1-8-9(7-20)2-4-11-13(8)19(18-14(11)16)10-3-5-12(15)17-6-10/h2-6,20H,7H2,1H3. The predicted molar refractivity (Wildman–Crippen MR) is 82.2 cm³/mol. The van der Waals surface area contributed by atoms with E-state index in [9.17, 15) is 9.50 Å². The number of pyridine rings is 1. The molecule has 20 heavy (non-hydrogen) atoms. The molecule has 1 aromatic carbocycles. The molecule has 0 radical (unpaired) electrons. The Morgan fingerprint density at radius 3 is 2.75 bits per heavy atom. The molecule has 6 heteroatoms. The third-order valence-electron chi connectivity index (χ3n) is 3.29. The van der Waals surface area contributed by atoms with Crippen molar-refractivity contribution < 1.29 is 9.50 Å². The Balaban J connectivity index is 2.33. The zero-order valence-electron chi connectivity index (χ0n) is 10.6. The summed E-state index contributed by atoms with van der Waals surface area (Å²) in [6, 6.07) is 6.78. The zero-order chi connectivity index (χ0) is 14.3. The second-order valence-corrected chi connectivity index (χ2v) is 5.47. The molecule has 0 unspecified atom stereocenters. The molecule has 0 fully saturated rings. The van der Waals surface area contributed by atoms with Gasteiger partial charge >= 0.3 is 0 Å². The summed E-state index contributed by atoms with van der Waals surface area (Å²) in [6.07, 6.45) is 1.45. The summed E-state index contributed by atoms with van der Waals surface area (Å²) in [5.74, 6) is -0.521. The first kappa shape index (κ1) is 13.4. The lowest BCUT2D eigenvalue weighted by atomic mass is 10.1. The van der Waals surface area contributed by atoms with Crippen molar-refractivity contribution in [3.05, 3.63) is 51.2 Å². The summed E-state index contributed by atoms with van der Waals surface area (Å²) in [5, 5.41) is 14.9. The fourth-order valence-corrected chi connectivity index (χ4v) is 2.88. The quantitative estimate of drug-likeness (QED) is 0.547. The van der Waals surface area contributed by atoms with E-state index in [1.54, 1.807) is 10.7 Å². The number of aliphatic hydroxyl groups excluding tert-OH is 1. The van der Waals surface area contributed by atoms with Crippen LogP contribution < -0.4 is 0 Å². The number of benzene rings is 1. The van der Waals surface area contributed by atoms with Gasteiger partial charge in [0.25, 0.3) is 0 Å². The molecule has 0 saturated carbocycles. The molecule has 0 bridgehead atoms. The van der Waals surface area contributed by atoms with E-state index in [-0.39, 0.29) is 6.61 Å². The number of halogens is 2. The van der Waals surface area contributed by atoms with Crippen molar-refractivity contribution in [1.82, 2.24) is 14.8 Å². The number of aliphatic hydroxyl groups is 1. The summed E-state index contributed by atoms with van der Waals surface area (Å²) in [7, 11) is 0. The summed E-state index contributed by atoms with van der Waals surface area (Å²) in [4.78, 5) is 3.66. The van der Waals surface area contributed by atoms with Crippen molar-refractivity contribution in [2.24, 2.45) is 0 Å². The van der Waals surface area contributed by atoms with Gasteiger partial charge in [-0.15, -0.1) is 0 Å². The molecule has 4 nitrogen and oxygen atoms in total. The molecule has 1 N–H and O–H groups in total. The molecule has 0 saturated heterocycles. The summed E-state index contributed by atoms with van der Waals surface area (Å²) in [5.41, 5.74) is 3.42. The summed E-state index contributed by atoms with van der Waals surface area (Å²) in [6.45, 7) is 1.92. The highest BCUT2D eigenvalue weighted by Crippen LogP contribution is 2.28. The largest absolute Gasteiger partial charge is 0.392 e. The lowest BCUT2D eigenvalue weighted by molar-refractivity contribution is 0.281. The monoisotopic (exact) mass is 383 g/mol. The van der Waals surface area contributed by atoms with Gasteiger partial charge in [0.15, 0.2) is 0 Å². The van der Waals surface area contributed by atoms with Crippen LogP contribution in [0.1, 0.15) is 11.1 Å². The molecule has 3 aromatic rings. The highest BCUT2D eigenvalue weighted by Gasteiger charge is 2.14. The van der Waals surface area contributed by atoms with Gasteiger partial charge in [0.2, 0.25) is 5.95 Å². The van der Waals surface area contributed by atoms with Crippen LogP contribution in [0.15, 0.2) is 30.5 Å². The Kier molecular flexibility index (Phi) is 3.43. The Hall–Kier alpha value is -1.54. The molecule has 102 valence electrons. The molecule has 3 rings (SSSR count). The van der Waals surface area contributed by atoms with E-state index in [4.69, 9.17) is 0 Å². The van der Waals surface area contributed by atoms with E-state index >= 15 is 0 Å². The van der Waals surface area contributed by atoms with Crippen LogP contribution in [0.25, 0.3) is 16.6 Å². The Morgan fingerprint density at radius 2 is 2.10 bits per heavy atom. The second-order valence-electron chi connectivity index (χ2n) is 4.45. The van der Waals surface area contributed by atoms with E-state index in [1.807, 2.05) is 19.1 Å². The smallest absolute Gasteiger partial charge is 0.212 e. The van der Waals surface area contributed by atoms with E-state index < -0.39 is 5.95 Å². The van der Waals surface area contributed by atoms with Crippen molar-refractivity contribution in [3.8, 4) is 5.69 Å². The Labute approximate surface area is 128 Å². The average Bonchev–Trinajstić information content (AvgIpc) is 2.78. The summed E-state index contributed by atoms with van der Waals surface area (Å²) >= 11 is 2.16. The molecule has 0 aliphatic heterocycles. The fraction of sp³-hybridized carbons (Fsp3) is 0.143. The number of aryl methyl sites for hydroxylation is 1. The predicted octanol–water partition coefficient (Wildman–Crippen LogP) is 2.96. The van der Waals surface area contributed by atoms with E-state index in [0.717, 1.165) is 25.7 Å². The number of fused-ring (bicyclic) bond motifs is 1. The molecule has 2 aromatic heterocycles. The maximum absolute atomic E-state index is 12.9. The van der Waals surface area contributed by atoms with Gasteiger partial charge in [-0.25, -0.2) is 9.67 Å². The van der Waals surface area contributed by atoms with Gasteiger partial charge in [0.05, 0.1) is 24.0 Å². The zero-order valence-corrected chi connectivity index (χ0v) is 12.8. The maximum Gasteiger partial charge on any atom is 0.212 e. The van der Waals surface area contributed by atoms with Crippen molar-refractivity contribution in [2.75, 3.05) is 0 Å². The van der Waals surface area contributed by atoms with Crippen molar-refractivity contribution in [1.29, 1.82) is 0 Å². The van der Waals surface area contributed by atoms with Gasteiger partial charge in [-0.2, -0.15) is 9.49 Å². The van der Waals surface area contributed by atoms with Crippen LogP contribution in [0.2, 0.25) is 0 Å². The van der Waals surface area contributed by atoms with E-state index in [0.29, 0.717) is 5.69 Å². The molecule has 0 aliphatic rings. The van der Waals surface area contributed by atoms with Gasteiger partial charge < -0.3 is 5.11 Å². The minimum absolute atomic E-state index is 0.0226. The molecule has 0 atom stereocenters. The van der Waals surface area contributed by atoms with Crippen LogP contribution >= 0.6 is 22.6 Å². The van der Waals surface area contributed by atoms with Gasteiger partial charge in [-0.05, 0) is 58.8 Å². The fourth-order valence-electron chi connectivity index (χ4n) is 2.22. The average molecular weight is 383 g/mol. The summed E-state index contributed by atoms with van der Waals surface area (Å²) < 4.78 is 15.5. The normalized spacial score (nSPS) is 11.2. The first-order chi connectivity index (χ1) is 9.61. The van der Waals surface area contributed by atoms with Crippen molar-refractivity contribution >= 4 is 33.5 Å². The molecular weight excluding hydrogens is 372 g/mol. The Morgan fingerprint density at radius 1 is 1.30 bits per heavy atom. The van der Waals surface area contributed by atoms with Crippen LogP contribution in [-0.2, 0) is 6.61 Å². The maximum atomic E-state index is 12.9. The molecule has 0 spiro atoms. The first-order valence-corrected chi connectivity index (χ1v) is 7.09. The minimum atomic E-state index is -0.521. The molecule has 0 amide bonds. The van der Waals surface area contributed by atoms with Crippen molar-refractivity contribution in [3.63, 3.8) is 0 Å². The number of nitrogens with zero attached hydrogens (tertiary/aromatic N) is 3. The number of rotatable bonds is 2. The lowest BCUT2D eigenvalue weighted by Gasteiger charge is -2.08. The van der Waals surface area contributed by atoms with Crippen LogP contribution in [0, 0.1) is 16.6 Å². The van der Waals surface area contributed by atoms with Gasteiger partial charge in [-0.1, -0.05) is 6.07 Å². The lowest BCUT2D eigenvalue weighted by Crippen LogP contribution is -2.00. The molecule has 0 aliphatic carbocycles. The van der Waals surface area contributed by atoms with Gasteiger partial charge in [0, 0.05) is 5.39 Å². The topological polar surface area (TPSA) is 50.9 Å². The Bertz CT molecular complexity index is 783. The van der Waals surface area contributed by atoms with Crippen LogP contribution in [0.3, 0.4) is 0 Å². The van der Waals surface area contributed by atoms with Crippen LogP contribution in [0.5, 0.6) is 0 Å². The first-order valence-electron chi connectivity index (χ1n) is 6.01. The highest BCUT2D eigenvalue weighted by atomic mass is 127. The third-order valence-corrected chi connectivity index (χ3v) is 4.09.